The van der Waals surface area contributed by atoms with Crippen LogP contribution in [-0.2, 0) is 17.7 Å². The van der Waals surface area contributed by atoms with E-state index in [-0.39, 0.29) is 11.7 Å². The number of aryl methyl sites for hydroxylation is 1. The first-order valence-corrected chi connectivity index (χ1v) is 9.24. The topological polar surface area (TPSA) is 57.4 Å². The van der Waals surface area contributed by atoms with E-state index >= 15 is 0 Å². The van der Waals surface area contributed by atoms with Gasteiger partial charge in [0.05, 0.1) is 12.6 Å². The molecular weight excluding hydrogens is 334 g/mol. The molecule has 1 aliphatic rings. The van der Waals surface area contributed by atoms with Gasteiger partial charge in [0.15, 0.2) is 5.11 Å². The Labute approximate surface area is 153 Å². The predicted molar refractivity (Wildman–Crippen MR) is 105 cm³/mol. The number of aromatic nitrogens is 1. The van der Waals surface area contributed by atoms with Crippen LogP contribution < -0.4 is 10.9 Å². The van der Waals surface area contributed by atoms with Crippen molar-refractivity contribution in [3.05, 3.63) is 45.7 Å². The van der Waals surface area contributed by atoms with Crippen LogP contribution in [0.25, 0.3) is 10.9 Å². The Hall–Kier alpha value is -1.92. The van der Waals surface area contributed by atoms with Gasteiger partial charge in [-0.05, 0) is 60.6 Å². The van der Waals surface area contributed by atoms with Crippen molar-refractivity contribution in [3.8, 4) is 0 Å². The highest BCUT2D eigenvalue weighted by atomic mass is 32.1. The van der Waals surface area contributed by atoms with Crippen LogP contribution in [0.5, 0.6) is 0 Å². The lowest BCUT2D eigenvalue weighted by Gasteiger charge is -2.27. The van der Waals surface area contributed by atoms with Crippen LogP contribution in [0, 0.1) is 0 Å². The minimum absolute atomic E-state index is 0.0620. The quantitative estimate of drug-likeness (QED) is 0.804. The molecule has 0 aliphatic carbocycles. The van der Waals surface area contributed by atoms with Crippen molar-refractivity contribution in [2.24, 2.45) is 0 Å². The fourth-order valence-electron chi connectivity index (χ4n) is 3.26. The average molecular weight is 359 g/mol. The first-order chi connectivity index (χ1) is 12.1. The minimum atomic E-state index is -0.0620. The Morgan fingerprint density at radius 1 is 1.44 bits per heavy atom. The van der Waals surface area contributed by atoms with Crippen molar-refractivity contribution in [3.63, 3.8) is 0 Å². The number of nitrogens with zero attached hydrogens (tertiary/aromatic N) is 1. The van der Waals surface area contributed by atoms with Gasteiger partial charge >= 0.3 is 0 Å². The third-order valence-electron chi connectivity index (χ3n) is 4.70. The maximum atomic E-state index is 12.5. The summed E-state index contributed by atoms with van der Waals surface area (Å²) in [5, 5.41) is 4.72. The third kappa shape index (κ3) is 4.19. The summed E-state index contributed by atoms with van der Waals surface area (Å²) in [6.45, 7) is 4.11. The molecule has 1 aromatic heterocycles. The molecule has 134 valence electrons. The molecule has 1 fully saturated rings. The van der Waals surface area contributed by atoms with Gasteiger partial charge in [0, 0.05) is 31.3 Å². The molecule has 0 saturated carbocycles. The summed E-state index contributed by atoms with van der Waals surface area (Å²) >= 11 is 5.44. The summed E-state index contributed by atoms with van der Waals surface area (Å²) in [6.07, 6.45) is 3.27. The maximum Gasteiger partial charge on any atom is 0.253 e. The Bertz CT molecular complexity index is 812. The van der Waals surface area contributed by atoms with Gasteiger partial charge in [0.2, 0.25) is 0 Å². The van der Waals surface area contributed by atoms with E-state index in [1.807, 2.05) is 24.1 Å². The van der Waals surface area contributed by atoms with Crippen molar-refractivity contribution in [1.82, 2.24) is 15.2 Å². The van der Waals surface area contributed by atoms with Crippen molar-refractivity contribution in [2.75, 3.05) is 20.2 Å². The summed E-state index contributed by atoms with van der Waals surface area (Å²) in [7, 11) is 1.81. The molecule has 25 heavy (non-hydrogen) atoms. The Kier molecular flexibility index (Phi) is 5.71. The maximum absolute atomic E-state index is 12.5. The third-order valence-corrected chi connectivity index (χ3v) is 5.17. The number of aromatic amines is 1. The summed E-state index contributed by atoms with van der Waals surface area (Å²) in [4.78, 5) is 17.5. The largest absolute Gasteiger partial charge is 0.376 e. The number of hydrogen-bond acceptors (Lipinski definition) is 3. The normalized spacial score (nSPS) is 17.0. The van der Waals surface area contributed by atoms with Gasteiger partial charge in [-0.2, -0.15) is 0 Å². The molecule has 2 N–H and O–H groups in total. The number of pyridine rings is 1. The highest BCUT2D eigenvalue weighted by Crippen LogP contribution is 2.17. The smallest absolute Gasteiger partial charge is 0.253 e. The number of fused-ring (bicyclic) bond motifs is 1. The average Bonchev–Trinajstić information content (AvgIpc) is 3.13. The van der Waals surface area contributed by atoms with Crippen LogP contribution in [0.4, 0.5) is 0 Å². The number of benzene rings is 1. The second kappa shape index (κ2) is 7.97. The van der Waals surface area contributed by atoms with Crippen LogP contribution in [0.2, 0.25) is 0 Å². The van der Waals surface area contributed by atoms with E-state index < -0.39 is 0 Å². The molecule has 0 bridgehead atoms. The van der Waals surface area contributed by atoms with Crippen LogP contribution >= 0.6 is 12.2 Å². The zero-order valence-corrected chi connectivity index (χ0v) is 15.6. The predicted octanol–water partition coefficient (Wildman–Crippen LogP) is 2.58. The zero-order chi connectivity index (χ0) is 17.8. The number of hydrogen-bond donors (Lipinski definition) is 2. The molecule has 2 aromatic rings. The first-order valence-electron chi connectivity index (χ1n) is 8.83. The van der Waals surface area contributed by atoms with Gasteiger partial charge in [-0.25, -0.2) is 0 Å². The lowest BCUT2D eigenvalue weighted by atomic mass is 10.1. The molecule has 0 amide bonds. The second-order valence-electron chi connectivity index (χ2n) is 6.47. The second-order valence-corrected chi connectivity index (χ2v) is 6.86. The number of H-pyrrole nitrogens is 1. The van der Waals surface area contributed by atoms with E-state index in [0.29, 0.717) is 18.2 Å². The standard InChI is InChI=1S/C19H25N3O2S/c1-3-13-6-7-17-14(9-13)10-15(18(23)21-17)11-22(19(25)20-2)12-16-5-4-8-24-16/h6-7,9-10,16H,3-5,8,11-12H2,1-2H3,(H,20,25)(H,21,23)/t16-/m0/s1. The lowest BCUT2D eigenvalue weighted by Crippen LogP contribution is -2.42. The zero-order valence-electron chi connectivity index (χ0n) is 14.8. The van der Waals surface area contributed by atoms with Crippen LogP contribution in [0.15, 0.2) is 29.1 Å². The first kappa shape index (κ1) is 17.9. The number of ether oxygens (including phenoxy) is 1. The molecular formula is C19H25N3O2S. The lowest BCUT2D eigenvalue weighted by molar-refractivity contribution is 0.0898. The van der Waals surface area contributed by atoms with Crippen molar-refractivity contribution in [2.45, 2.75) is 38.8 Å². The number of rotatable bonds is 5. The summed E-state index contributed by atoms with van der Waals surface area (Å²) < 4.78 is 5.73. The van der Waals surface area contributed by atoms with E-state index in [0.717, 1.165) is 42.3 Å². The molecule has 2 heterocycles. The van der Waals surface area contributed by atoms with E-state index in [2.05, 4.69) is 29.4 Å². The number of nitrogens with one attached hydrogen (secondary N) is 2. The minimum Gasteiger partial charge on any atom is -0.376 e. The molecule has 0 radical (unpaired) electrons. The summed E-state index contributed by atoms with van der Waals surface area (Å²) in [5.74, 6) is 0. The van der Waals surface area contributed by atoms with Crippen LogP contribution in [-0.4, -0.2) is 41.3 Å². The fraction of sp³-hybridized carbons (Fsp3) is 0.474. The van der Waals surface area contributed by atoms with Crippen molar-refractivity contribution in [1.29, 1.82) is 0 Å². The monoisotopic (exact) mass is 359 g/mol. The molecule has 5 nitrogen and oxygen atoms in total. The summed E-state index contributed by atoms with van der Waals surface area (Å²) in [5.41, 5.74) is 2.78. The van der Waals surface area contributed by atoms with Crippen LogP contribution in [0.3, 0.4) is 0 Å². The van der Waals surface area contributed by atoms with Gasteiger partial charge in [-0.1, -0.05) is 13.0 Å². The van der Waals surface area contributed by atoms with Crippen LogP contribution in [0.1, 0.15) is 30.9 Å². The molecule has 1 aliphatic heterocycles. The summed E-state index contributed by atoms with van der Waals surface area (Å²) in [6, 6.07) is 8.14. The molecule has 0 unspecified atom stereocenters. The molecule has 6 heteroatoms. The van der Waals surface area contributed by atoms with Gasteiger partial charge in [0.25, 0.3) is 5.56 Å². The van der Waals surface area contributed by atoms with E-state index in [1.54, 1.807) is 0 Å². The van der Waals surface area contributed by atoms with E-state index in [9.17, 15) is 4.79 Å². The van der Waals surface area contributed by atoms with Gasteiger partial charge in [-0.15, -0.1) is 0 Å². The molecule has 1 aromatic carbocycles. The molecule has 0 spiro atoms. The van der Waals surface area contributed by atoms with Crippen molar-refractivity contribution < 1.29 is 4.74 Å². The Morgan fingerprint density at radius 3 is 2.96 bits per heavy atom. The van der Waals surface area contributed by atoms with Gasteiger partial charge in [0.1, 0.15) is 0 Å². The SMILES string of the molecule is CCc1ccc2[nH]c(=O)c(CN(C[C@@H]3CCCO3)C(=S)NC)cc2c1. The van der Waals surface area contributed by atoms with Crippen molar-refractivity contribution >= 4 is 28.2 Å². The Morgan fingerprint density at radius 2 is 2.28 bits per heavy atom. The highest BCUT2D eigenvalue weighted by molar-refractivity contribution is 7.80. The van der Waals surface area contributed by atoms with E-state index in [1.165, 1.54) is 5.56 Å². The van der Waals surface area contributed by atoms with E-state index in [4.69, 9.17) is 17.0 Å². The van der Waals surface area contributed by atoms with Gasteiger partial charge in [-0.3, -0.25) is 4.79 Å². The number of thiocarbonyl (C=S) groups is 1. The molecule has 1 atom stereocenters. The Balaban J connectivity index is 1.88. The van der Waals surface area contributed by atoms with Gasteiger partial charge < -0.3 is 19.9 Å². The highest BCUT2D eigenvalue weighted by Gasteiger charge is 2.21. The molecule has 3 rings (SSSR count). The molecule has 1 saturated heterocycles. The fourth-order valence-corrected chi connectivity index (χ4v) is 3.39.